The van der Waals surface area contributed by atoms with Gasteiger partial charge in [0.2, 0.25) is 0 Å². The van der Waals surface area contributed by atoms with Crippen molar-refractivity contribution in [1.82, 2.24) is 9.91 Å². The molecule has 88 valence electrons. The maximum atomic E-state index is 4.56. The van der Waals surface area contributed by atoms with Crippen LogP contribution in [0.3, 0.4) is 0 Å². The first-order chi connectivity index (χ1) is 7.67. The first kappa shape index (κ1) is 12.5. The van der Waals surface area contributed by atoms with E-state index in [4.69, 9.17) is 0 Å². The summed E-state index contributed by atoms with van der Waals surface area (Å²) in [5.41, 5.74) is 1.04. The van der Waals surface area contributed by atoms with Crippen LogP contribution >= 0.6 is 0 Å². The van der Waals surface area contributed by atoms with Crippen LogP contribution < -0.4 is 0 Å². The predicted octanol–water partition coefficient (Wildman–Crippen LogP) is 2.42. The highest BCUT2D eigenvalue weighted by molar-refractivity contribution is 5.95. The van der Waals surface area contributed by atoms with E-state index in [1.165, 1.54) is 0 Å². The molecule has 0 fully saturated rings. The molecule has 0 N–H and O–H groups in total. The lowest BCUT2D eigenvalue weighted by molar-refractivity contribution is 0.425. The Morgan fingerprint density at radius 3 is 2.56 bits per heavy atom. The zero-order chi connectivity index (χ0) is 12.1. The number of allylic oxidation sites excluding steroid dienone is 2. The van der Waals surface area contributed by atoms with Crippen LogP contribution in [0, 0.1) is 0 Å². The van der Waals surface area contributed by atoms with E-state index in [2.05, 4.69) is 35.6 Å². The van der Waals surface area contributed by atoms with Gasteiger partial charge in [-0.3, -0.25) is 0 Å². The zero-order valence-corrected chi connectivity index (χ0v) is 10.6. The van der Waals surface area contributed by atoms with Crippen molar-refractivity contribution in [2.24, 2.45) is 10.1 Å². The Labute approximate surface area is 97.6 Å². The van der Waals surface area contributed by atoms with Crippen LogP contribution in [0.5, 0.6) is 0 Å². The third-order valence-electron chi connectivity index (χ3n) is 2.61. The van der Waals surface area contributed by atoms with E-state index < -0.39 is 0 Å². The summed E-state index contributed by atoms with van der Waals surface area (Å²) in [6, 6.07) is 0. The van der Waals surface area contributed by atoms with E-state index in [0.29, 0.717) is 0 Å². The molecule has 0 aromatic heterocycles. The fourth-order valence-electron chi connectivity index (χ4n) is 1.71. The molecule has 0 atom stereocenters. The van der Waals surface area contributed by atoms with Gasteiger partial charge in [-0.25, -0.2) is 10.0 Å². The Bertz CT molecular complexity index is 348. The molecule has 0 bridgehead atoms. The summed E-state index contributed by atoms with van der Waals surface area (Å²) < 4.78 is 0. The van der Waals surface area contributed by atoms with Gasteiger partial charge in [-0.2, -0.15) is 5.10 Å². The van der Waals surface area contributed by atoms with Crippen molar-refractivity contribution < 1.29 is 0 Å². The molecule has 0 aromatic rings. The SMILES string of the molecule is C=NN1C(C)=CC(N(CC)CC)=N/C1=C/C. The Hall–Kier alpha value is -1.58. The minimum atomic E-state index is 0.830. The smallest absolute Gasteiger partial charge is 0.151 e. The molecule has 0 saturated heterocycles. The molecule has 4 nitrogen and oxygen atoms in total. The minimum absolute atomic E-state index is 0.830. The molecule has 0 unspecified atom stereocenters. The second-order valence-electron chi connectivity index (χ2n) is 3.53. The standard InChI is InChI=1S/C12H20N4/c1-6-11-14-12(15(7-2)8-3)9-10(4)16(11)13-5/h6,9H,5,7-8H2,1-4H3/b11-6-. The number of aliphatic imine (C=N–C) groups is 1. The van der Waals surface area contributed by atoms with Crippen LogP contribution in [-0.2, 0) is 0 Å². The molecule has 1 rings (SSSR count). The second-order valence-corrected chi connectivity index (χ2v) is 3.53. The van der Waals surface area contributed by atoms with Crippen LogP contribution in [0.1, 0.15) is 27.7 Å². The molecular weight excluding hydrogens is 200 g/mol. The van der Waals surface area contributed by atoms with Crippen LogP contribution in [0.4, 0.5) is 0 Å². The van der Waals surface area contributed by atoms with Crippen LogP contribution in [-0.4, -0.2) is 35.6 Å². The number of nitrogens with zero attached hydrogens (tertiary/aromatic N) is 4. The monoisotopic (exact) mass is 220 g/mol. The average molecular weight is 220 g/mol. The van der Waals surface area contributed by atoms with E-state index in [1.807, 2.05) is 26.0 Å². The summed E-state index contributed by atoms with van der Waals surface area (Å²) in [5.74, 6) is 1.83. The van der Waals surface area contributed by atoms with Crippen molar-refractivity contribution in [3.63, 3.8) is 0 Å². The predicted molar refractivity (Wildman–Crippen MR) is 69.3 cm³/mol. The molecular formula is C12H20N4. The van der Waals surface area contributed by atoms with Gasteiger partial charge >= 0.3 is 0 Å². The van der Waals surface area contributed by atoms with Crippen molar-refractivity contribution in [3.8, 4) is 0 Å². The minimum Gasteiger partial charge on any atom is -0.357 e. The van der Waals surface area contributed by atoms with Gasteiger partial charge < -0.3 is 4.90 Å². The van der Waals surface area contributed by atoms with E-state index in [9.17, 15) is 0 Å². The first-order valence-corrected chi connectivity index (χ1v) is 5.62. The lowest BCUT2D eigenvalue weighted by Crippen LogP contribution is -2.33. The summed E-state index contributed by atoms with van der Waals surface area (Å²) in [5, 5.41) is 5.69. The Kier molecular flexibility index (Phi) is 4.28. The van der Waals surface area contributed by atoms with Gasteiger partial charge in [-0.15, -0.1) is 0 Å². The molecule has 1 heterocycles. The molecule has 0 amide bonds. The van der Waals surface area contributed by atoms with E-state index in [1.54, 1.807) is 5.01 Å². The highest BCUT2D eigenvalue weighted by atomic mass is 15.5. The van der Waals surface area contributed by atoms with Crippen molar-refractivity contribution >= 4 is 12.6 Å². The molecule has 1 aliphatic rings. The van der Waals surface area contributed by atoms with E-state index in [0.717, 1.165) is 30.4 Å². The van der Waals surface area contributed by atoms with Crippen molar-refractivity contribution in [2.75, 3.05) is 13.1 Å². The maximum absolute atomic E-state index is 4.56. The highest BCUT2D eigenvalue weighted by Gasteiger charge is 2.17. The summed E-state index contributed by atoms with van der Waals surface area (Å²) in [6.07, 6.45) is 3.98. The normalized spacial score (nSPS) is 18.2. The van der Waals surface area contributed by atoms with Crippen LogP contribution in [0.2, 0.25) is 0 Å². The van der Waals surface area contributed by atoms with Gasteiger partial charge in [0.1, 0.15) is 5.84 Å². The number of likely N-dealkylation sites (N-methyl/N-ethyl adjacent to an activating group) is 1. The molecule has 0 aliphatic carbocycles. The molecule has 0 spiro atoms. The molecule has 0 aromatic carbocycles. The van der Waals surface area contributed by atoms with Gasteiger partial charge in [-0.05, 0) is 33.8 Å². The lowest BCUT2D eigenvalue weighted by Gasteiger charge is -2.29. The highest BCUT2D eigenvalue weighted by Crippen LogP contribution is 2.20. The quantitative estimate of drug-likeness (QED) is 0.684. The molecule has 1 aliphatic heterocycles. The fraction of sp³-hybridized carbons (Fsp3) is 0.500. The molecule has 4 heteroatoms. The third-order valence-corrected chi connectivity index (χ3v) is 2.61. The second kappa shape index (κ2) is 5.49. The van der Waals surface area contributed by atoms with Gasteiger partial charge in [-0.1, -0.05) is 0 Å². The Morgan fingerprint density at radius 1 is 1.50 bits per heavy atom. The number of hydrogen-bond donors (Lipinski definition) is 0. The zero-order valence-electron chi connectivity index (χ0n) is 10.6. The number of hydrazone groups is 1. The summed E-state index contributed by atoms with van der Waals surface area (Å²) in [6.45, 7) is 13.7. The van der Waals surface area contributed by atoms with Crippen molar-refractivity contribution in [1.29, 1.82) is 0 Å². The third kappa shape index (κ3) is 2.32. The topological polar surface area (TPSA) is 31.2 Å². The first-order valence-electron chi connectivity index (χ1n) is 5.62. The maximum Gasteiger partial charge on any atom is 0.151 e. The van der Waals surface area contributed by atoms with E-state index in [-0.39, 0.29) is 0 Å². The number of rotatable bonds is 3. The Balaban J connectivity index is 3.07. The van der Waals surface area contributed by atoms with E-state index >= 15 is 0 Å². The summed E-state index contributed by atoms with van der Waals surface area (Å²) in [7, 11) is 0. The van der Waals surface area contributed by atoms with Gasteiger partial charge in [0.15, 0.2) is 5.82 Å². The molecule has 0 radical (unpaired) electrons. The molecule has 0 saturated carbocycles. The molecule has 16 heavy (non-hydrogen) atoms. The van der Waals surface area contributed by atoms with Crippen LogP contribution in [0.15, 0.2) is 33.8 Å². The fourth-order valence-corrected chi connectivity index (χ4v) is 1.71. The summed E-state index contributed by atoms with van der Waals surface area (Å²) >= 11 is 0. The number of amidine groups is 1. The Morgan fingerprint density at radius 2 is 2.12 bits per heavy atom. The average Bonchev–Trinajstić information content (AvgIpc) is 2.29. The van der Waals surface area contributed by atoms with Crippen molar-refractivity contribution in [3.05, 3.63) is 23.7 Å². The van der Waals surface area contributed by atoms with Gasteiger partial charge in [0.05, 0.1) is 0 Å². The lowest BCUT2D eigenvalue weighted by atomic mass is 10.3. The van der Waals surface area contributed by atoms with Crippen LogP contribution in [0.25, 0.3) is 0 Å². The van der Waals surface area contributed by atoms with Gasteiger partial charge in [0, 0.05) is 31.6 Å². The van der Waals surface area contributed by atoms with Gasteiger partial charge in [0.25, 0.3) is 0 Å². The van der Waals surface area contributed by atoms with Crippen molar-refractivity contribution in [2.45, 2.75) is 27.7 Å². The largest absolute Gasteiger partial charge is 0.357 e. The number of hydrogen-bond acceptors (Lipinski definition) is 4. The summed E-state index contributed by atoms with van der Waals surface area (Å²) in [4.78, 5) is 6.78.